The molecule has 6 aromatic carbocycles. The maximum absolute atomic E-state index is 6.55. The van der Waals surface area contributed by atoms with E-state index in [1.54, 1.807) is 0 Å². The second-order valence-corrected chi connectivity index (χ2v) is 12.2. The molecule has 0 aliphatic rings. The van der Waals surface area contributed by atoms with Gasteiger partial charge in [-0.2, -0.15) is 0 Å². The molecule has 0 N–H and O–H groups in total. The van der Waals surface area contributed by atoms with Gasteiger partial charge < -0.3 is 9.32 Å². The number of furan rings is 1. The summed E-state index contributed by atoms with van der Waals surface area (Å²) in [6.07, 6.45) is 0. The van der Waals surface area contributed by atoms with Gasteiger partial charge in [0.15, 0.2) is 0 Å². The molecule has 0 spiro atoms. The molecule has 0 bridgehead atoms. The van der Waals surface area contributed by atoms with E-state index in [-0.39, 0.29) is 5.41 Å². The summed E-state index contributed by atoms with van der Waals surface area (Å²) in [5.41, 5.74) is 11.3. The van der Waals surface area contributed by atoms with Crippen molar-refractivity contribution in [3.8, 4) is 33.6 Å². The summed E-state index contributed by atoms with van der Waals surface area (Å²) < 4.78 is 6.55. The van der Waals surface area contributed by atoms with Crippen molar-refractivity contribution in [3.63, 3.8) is 0 Å². The lowest BCUT2D eigenvalue weighted by atomic mass is 9.83. The molecule has 1 heterocycles. The summed E-state index contributed by atoms with van der Waals surface area (Å²) in [6, 6.07) is 55.7. The van der Waals surface area contributed by atoms with E-state index in [1.807, 2.05) is 6.07 Å². The van der Waals surface area contributed by atoms with E-state index in [0.717, 1.165) is 34.0 Å². The van der Waals surface area contributed by atoms with E-state index < -0.39 is 0 Å². The number of nitrogens with zero attached hydrogens (tertiary/aromatic N) is 1. The van der Waals surface area contributed by atoms with Crippen LogP contribution in [0.4, 0.5) is 17.1 Å². The monoisotopic (exact) mass is 569 g/mol. The van der Waals surface area contributed by atoms with Gasteiger partial charge >= 0.3 is 0 Å². The summed E-state index contributed by atoms with van der Waals surface area (Å²) >= 11 is 0. The van der Waals surface area contributed by atoms with Crippen LogP contribution in [0.2, 0.25) is 0 Å². The number of benzene rings is 6. The van der Waals surface area contributed by atoms with Gasteiger partial charge in [-0.25, -0.2) is 0 Å². The molecule has 0 atom stereocenters. The number of hydrogen-bond donors (Lipinski definition) is 0. The Hall–Kier alpha value is -5.34. The number of fused-ring (bicyclic) bond motifs is 1. The van der Waals surface area contributed by atoms with Gasteiger partial charge in [0.1, 0.15) is 11.3 Å². The van der Waals surface area contributed by atoms with Gasteiger partial charge in [-0.05, 0) is 70.1 Å². The van der Waals surface area contributed by atoms with Crippen LogP contribution >= 0.6 is 0 Å². The second-order valence-electron chi connectivity index (χ2n) is 12.2. The van der Waals surface area contributed by atoms with E-state index in [2.05, 4.69) is 177 Å². The molecule has 2 heteroatoms. The molecule has 0 unspecified atom stereocenters. The summed E-state index contributed by atoms with van der Waals surface area (Å²) in [7, 11) is 0. The molecule has 0 saturated carbocycles. The highest BCUT2D eigenvalue weighted by Crippen LogP contribution is 2.43. The molecule has 0 amide bonds. The number of anilines is 3. The van der Waals surface area contributed by atoms with Crippen molar-refractivity contribution in [2.24, 2.45) is 0 Å². The zero-order chi connectivity index (χ0) is 30.1. The third kappa shape index (κ3) is 5.20. The second kappa shape index (κ2) is 11.4. The lowest BCUT2D eigenvalue weighted by Crippen LogP contribution is -2.12. The van der Waals surface area contributed by atoms with Gasteiger partial charge in [0.25, 0.3) is 0 Å². The van der Waals surface area contributed by atoms with Gasteiger partial charge in [-0.15, -0.1) is 0 Å². The quantitative estimate of drug-likeness (QED) is 0.198. The van der Waals surface area contributed by atoms with Crippen LogP contribution in [0.5, 0.6) is 0 Å². The fraction of sp³-hybridized carbons (Fsp3) is 0.0952. The smallest absolute Gasteiger partial charge is 0.139 e. The predicted octanol–water partition coefficient (Wildman–Crippen LogP) is 12.2. The Morgan fingerprint density at radius 2 is 0.977 bits per heavy atom. The van der Waals surface area contributed by atoms with E-state index in [4.69, 9.17) is 4.42 Å². The lowest BCUT2D eigenvalue weighted by Gasteiger charge is -2.26. The maximum Gasteiger partial charge on any atom is 0.139 e. The van der Waals surface area contributed by atoms with Gasteiger partial charge in [0.2, 0.25) is 0 Å². The van der Waals surface area contributed by atoms with Crippen molar-refractivity contribution in [1.82, 2.24) is 0 Å². The molecule has 0 aliphatic carbocycles. The van der Waals surface area contributed by atoms with Crippen molar-refractivity contribution in [3.05, 3.63) is 163 Å². The number of para-hydroxylation sites is 2. The van der Waals surface area contributed by atoms with Crippen LogP contribution in [-0.2, 0) is 5.41 Å². The third-order valence-electron chi connectivity index (χ3n) is 8.17. The molecule has 7 rings (SSSR count). The average molecular weight is 570 g/mol. The minimum atomic E-state index is -0.0804. The van der Waals surface area contributed by atoms with E-state index in [9.17, 15) is 0 Å². The molecule has 1 aromatic heterocycles. The molecule has 0 saturated heterocycles. The molecule has 0 aliphatic heterocycles. The Bertz CT molecular complexity index is 2030. The van der Waals surface area contributed by atoms with Gasteiger partial charge in [0.05, 0.1) is 0 Å². The molecule has 0 fully saturated rings. The zero-order valence-electron chi connectivity index (χ0n) is 25.4. The third-order valence-corrected chi connectivity index (χ3v) is 8.17. The molecule has 7 aromatic rings. The highest BCUT2D eigenvalue weighted by molar-refractivity contribution is 5.90. The fourth-order valence-electron chi connectivity index (χ4n) is 6.20. The van der Waals surface area contributed by atoms with Gasteiger partial charge in [0, 0.05) is 33.6 Å². The topological polar surface area (TPSA) is 16.4 Å². The molecule has 0 radical (unpaired) electrons. The number of rotatable bonds is 6. The van der Waals surface area contributed by atoms with Crippen molar-refractivity contribution in [2.75, 3.05) is 4.90 Å². The zero-order valence-corrected chi connectivity index (χ0v) is 25.4. The van der Waals surface area contributed by atoms with Crippen LogP contribution in [0.15, 0.2) is 162 Å². The normalized spacial score (nSPS) is 11.5. The Morgan fingerprint density at radius 1 is 0.455 bits per heavy atom. The summed E-state index contributed by atoms with van der Waals surface area (Å²) in [6.45, 7) is 6.77. The van der Waals surface area contributed by atoms with Crippen molar-refractivity contribution >= 4 is 28.0 Å². The summed E-state index contributed by atoms with van der Waals surface area (Å²) in [5, 5.41) is 1.17. The highest BCUT2D eigenvalue weighted by Gasteiger charge is 2.26. The molecular weight excluding hydrogens is 534 g/mol. The minimum Gasteiger partial charge on any atom is -0.456 e. The molecule has 2 nitrogen and oxygen atoms in total. The van der Waals surface area contributed by atoms with Crippen molar-refractivity contribution < 1.29 is 4.42 Å². The van der Waals surface area contributed by atoms with Crippen LogP contribution in [0.1, 0.15) is 26.3 Å². The Kier molecular flexibility index (Phi) is 7.12. The SMILES string of the molecule is CC(C)(C)c1c(-c2cccc(N(c3ccccc3)c3ccc(-c4ccccc4-c4ccccc4)cc3)c2)oc2ccccc12. The highest BCUT2D eigenvalue weighted by atomic mass is 16.3. The fourth-order valence-corrected chi connectivity index (χ4v) is 6.20. The predicted molar refractivity (Wildman–Crippen MR) is 186 cm³/mol. The Labute approximate surface area is 259 Å². The van der Waals surface area contributed by atoms with Crippen molar-refractivity contribution in [1.29, 1.82) is 0 Å². The molecule has 44 heavy (non-hydrogen) atoms. The van der Waals surface area contributed by atoms with E-state index in [1.165, 1.54) is 33.2 Å². The van der Waals surface area contributed by atoms with E-state index >= 15 is 0 Å². The Balaban J connectivity index is 1.33. The summed E-state index contributed by atoms with van der Waals surface area (Å²) in [4.78, 5) is 2.32. The van der Waals surface area contributed by atoms with Gasteiger partial charge in [-0.1, -0.05) is 136 Å². The Morgan fingerprint density at radius 3 is 1.66 bits per heavy atom. The summed E-state index contributed by atoms with van der Waals surface area (Å²) in [5.74, 6) is 0.932. The molecular formula is C42H35NO. The standard InChI is InChI=1S/C42H35NO/c1-42(2,3)40-38-23-12-13-24-39(38)44-41(40)32-17-14-20-35(29-32)43(33-18-8-5-9-19-33)34-27-25-31(26-28-34)37-22-11-10-21-36(37)30-15-6-4-7-16-30/h4-29H,1-3H3. The lowest BCUT2D eigenvalue weighted by molar-refractivity contribution is 0.568. The van der Waals surface area contributed by atoms with Crippen LogP contribution < -0.4 is 4.90 Å². The average Bonchev–Trinajstić information content (AvgIpc) is 3.47. The van der Waals surface area contributed by atoms with Crippen LogP contribution in [-0.4, -0.2) is 0 Å². The number of hydrogen-bond acceptors (Lipinski definition) is 2. The minimum absolute atomic E-state index is 0.0804. The van der Waals surface area contributed by atoms with Crippen molar-refractivity contribution in [2.45, 2.75) is 26.2 Å². The maximum atomic E-state index is 6.55. The van der Waals surface area contributed by atoms with E-state index in [0.29, 0.717) is 0 Å². The first-order valence-corrected chi connectivity index (χ1v) is 15.2. The van der Waals surface area contributed by atoms with Crippen LogP contribution in [0.25, 0.3) is 44.5 Å². The van der Waals surface area contributed by atoms with Crippen LogP contribution in [0, 0.1) is 0 Å². The first kappa shape index (κ1) is 27.5. The molecule has 214 valence electrons. The first-order chi connectivity index (χ1) is 21.5. The largest absolute Gasteiger partial charge is 0.456 e. The van der Waals surface area contributed by atoms with Crippen LogP contribution in [0.3, 0.4) is 0 Å². The van der Waals surface area contributed by atoms with Gasteiger partial charge in [-0.3, -0.25) is 0 Å². The first-order valence-electron chi connectivity index (χ1n) is 15.2.